The topological polar surface area (TPSA) is 74.6 Å². The summed E-state index contributed by atoms with van der Waals surface area (Å²) in [5.74, 6) is 1.21. The summed E-state index contributed by atoms with van der Waals surface area (Å²) in [5.41, 5.74) is -1.17. The SMILES string of the molecule is CCOc1cccnc1NCC(C)(O)CO. The lowest BCUT2D eigenvalue weighted by molar-refractivity contribution is 0.0131. The molecule has 0 aliphatic rings. The highest BCUT2D eigenvalue weighted by molar-refractivity contribution is 5.49. The summed E-state index contributed by atoms with van der Waals surface area (Å²) in [7, 11) is 0. The van der Waals surface area contributed by atoms with Crippen LogP contribution in [0.15, 0.2) is 18.3 Å². The molecule has 1 aromatic heterocycles. The molecule has 1 unspecified atom stereocenters. The van der Waals surface area contributed by atoms with Crippen LogP contribution in [0.3, 0.4) is 0 Å². The number of pyridine rings is 1. The van der Waals surface area contributed by atoms with Crippen molar-refractivity contribution in [1.82, 2.24) is 4.98 Å². The van der Waals surface area contributed by atoms with E-state index in [1.807, 2.05) is 6.92 Å². The molecule has 0 aromatic carbocycles. The van der Waals surface area contributed by atoms with Crippen LogP contribution < -0.4 is 10.1 Å². The maximum Gasteiger partial charge on any atom is 0.168 e. The number of nitrogens with zero attached hydrogens (tertiary/aromatic N) is 1. The van der Waals surface area contributed by atoms with Gasteiger partial charge in [-0.2, -0.15) is 0 Å². The average molecular weight is 226 g/mol. The van der Waals surface area contributed by atoms with Crippen molar-refractivity contribution in [3.05, 3.63) is 18.3 Å². The number of aromatic nitrogens is 1. The average Bonchev–Trinajstić information content (AvgIpc) is 2.28. The van der Waals surface area contributed by atoms with Crippen molar-refractivity contribution in [3.63, 3.8) is 0 Å². The first kappa shape index (κ1) is 12.7. The number of rotatable bonds is 6. The van der Waals surface area contributed by atoms with Gasteiger partial charge in [-0.1, -0.05) is 0 Å². The normalized spacial score (nSPS) is 14.2. The van der Waals surface area contributed by atoms with Gasteiger partial charge in [0.2, 0.25) is 0 Å². The molecule has 0 bridgehead atoms. The molecule has 1 heterocycles. The second-order valence-corrected chi connectivity index (χ2v) is 3.79. The fraction of sp³-hybridized carbons (Fsp3) is 0.545. The Hall–Kier alpha value is -1.33. The molecule has 90 valence electrons. The van der Waals surface area contributed by atoms with Crippen LogP contribution in [0.5, 0.6) is 5.75 Å². The highest BCUT2D eigenvalue weighted by atomic mass is 16.5. The van der Waals surface area contributed by atoms with Gasteiger partial charge in [-0.05, 0) is 26.0 Å². The van der Waals surface area contributed by atoms with Crippen LogP contribution in [-0.2, 0) is 0 Å². The van der Waals surface area contributed by atoms with Crippen LogP contribution in [0, 0.1) is 0 Å². The summed E-state index contributed by atoms with van der Waals surface area (Å²) in [4.78, 5) is 4.11. The Morgan fingerprint density at radius 1 is 1.56 bits per heavy atom. The second kappa shape index (κ2) is 5.67. The summed E-state index contributed by atoms with van der Waals surface area (Å²) >= 11 is 0. The molecule has 5 heteroatoms. The van der Waals surface area contributed by atoms with Crippen LogP contribution >= 0.6 is 0 Å². The molecule has 1 rings (SSSR count). The number of hydrogen-bond donors (Lipinski definition) is 3. The quantitative estimate of drug-likeness (QED) is 0.663. The van der Waals surface area contributed by atoms with Gasteiger partial charge < -0.3 is 20.3 Å². The molecule has 16 heavy (non-hydrogen) atoms. The molecular weight excluding hydrogens is 208 g/mol. The summed E-state index contributed by atoms with van der Waals surface area (Å²) in [6.45, 7) is 3.89. The molecule has 0 saturated carbocycles. The number of aliphatic hydroxyl groups is 2. The van der Waals surface area contributed by atoms with E-state index in [-0.39, 0.29) is 13.2 Å². The first-order valence-electron chi connectivity index (χ1n) is 5.24. The molecular formula is C11H18N2O3. The molecule has 1 atom stereocenters. The molecule has 0 spiro atoms. The molecule has 3 N–H and O–H groups in total. The fourth-order valence-corrected chi connectivity index (χ4v) is 1.13. The minimum absolute atomic E-state index is 0.209. The highest BCUT2D eigenvalue weighted by Crippen LogP contribution is 2.21. The number of anilines is 1. The summed E-state index contributed by atoms with van der Waals surface area (Å²) in [6, 6.07) is 3.58. The zero-order chi connectivity index (χ0) is 12.0. The lowest BCUT2D eigenvalue weighted by Gasteiger charge is -2.21. The molecule has 1 aromatic rings. The van der Waals surface area contributed by atoms with E-state index in [1.165, 1.54) is 0 Å². The number of ether oxygens (including phenoxy) is 1. The lowest BCUT2D eigenvalue weighted by atomic mass is 10.1. The van der Waals surface area contributed by atoms with Crippen LogP contribution in [0.2, 0.25) is 0 Å². The van der Waals surface area contributed by atoms with Gasteiger partial charge in [0.1, 0.15) is 5.60 Å². The highest BCUT2D eigenvalue weighted by Gasteiger charge is 2.19. The molecule has 0 radical (unpaired) electrons. The van der Waals surface area contributed by atoms with Crippen molar-refractivity contribution in [2.45, 2.75) is 19.4 Å². The van der Waals surface area contributed by atoms with Crippen LogP contribution in [0.4, 0.5) is 5.82 Å². The third-order valence-electron chi connectivity index (χ3n) is 2.05. The van der Waals surface area contributed by atoms with E-state index in [1.54, 1.807) is 25.3 Å². The Morgan fingerprint density at radius 2 is 2.31 bits per heavy atom. The van der Waals surface area contributed by atoms with Crippen molar-refractivity contribution in [2.24, 2.45) is 0 Å². The molecule has 0 saturated heterocycles. The Morgan fingerprint density at radius 3 is 2.94 bits per heavy atom. The fourth-order valence-electron chi connectivity index (χ4n) is 1.13. The molecule has 0 fully saturated rings. The summed E-state index contributed by atoms with van der Waals surface area (Å²) < 4.78 is 5.37. The number of hydrogen-bond acceptors (Lipinski definition) is 5. The van der Waals surface area contributed by atoms with Crippen LogP contribution in [-0.4, -0.2) is 40.6 Å². The largest absolute Gasteiger partial charge is 0.490 e. The lowest BCUT2D eigenvalue weighted by Crippen LogP contribution is -2.37. The third-order valence-corrected chi connectivity index (χ3v) is 2.05. The Labute approximate surface area is 95.1 Å². The third kappa shape index (κ3) is 3.67. The van der Waals surface area contributed by atoms with Gasteiger partial charge in [0.05, 0.1) is 13.2 Å². The van der Waals surface area contributed by atoms with E-state index in [0.717, 1.165) is 0 Å². The minimum atomic E-state index is -1.17. The maximum absolute atomic E-state index is 9.62. The zero-order valence-corrected chi connectivity index (χ0v) is 9.60. The summed E-state index contributed by atoms with van der Waals surface area (Å²) in [5, 5.41) is 21.5. The van der Waals surface area contributed by atoms with E-state index in [4.69, 9.17) is 9.84 Å². The smallest absolute Gasteiger partial charge is 0.168 e. The summed E-state index contributed by atoms with van der Waals surface area (Å²) in [6.07, 6.45) is 1.64. The Bertz CT molecular complexity index is 329. The zero-order valence-electron chi connectivity index (χ0n) is 9.60. The predicted molar refractivity (Wildman–Crippen MR) is 61.6 cm³/mol. The number of aliphatic hydroxyl groups excluding tert-OH is 1. The van der Waals surface area contributed by atoms with Crippen molar-refractivity contribution < 1.29 is 14.9 Å². The maximum atomic E-state index is 9.62. The van der Waals surface area contributed by atoms with Gasteiger partial charge >= 0.3 is 0 Å². The van der Waals surface area contributed by atoms with E-state index < -0.39 is 5.60 Å². The first-order valence-corrected chi connectivity index (χ1v) is 5.24. The van der Waals surface area contributed by atoms with Crippen LogP contribution in [0.1, 0.15) is 13.8 Å². The van der Waals surface area contributed by atoms with Gasteiger partial charge in [-0.3, -0.25) is 0 Å². The number of nitrogens with one attached hydrogen (secondary N) is 1. The van der Waals surface area contributed by atoms with E-state index >= 15 is 0 Å². The monoisotopic (exact) mass is 226 g/mol. The Balaban J connectivity index is 2.66. The second-order valence-electron chi connectivity index (χ2n) is 3.79. The van der Waals surface area contributed by atoms with Gasteiger partial charge in [0.15, 0.2) is 11.6 Å². The van der Waals surface area contributed by atoms with Gasteiger partial charge in [0.25, 0.3) is 0 Å². The van der Waals surface area contributed by atoms with Crippen molar-refractivity contribution in [3.8, 4) is 5.75 Å². The molecule has 0 amide bonds. The van der Waals surface area contributed by atoms with E-state index in [2.05, 4.69) is 10.3 Å². The Kier molecular flexibility index (Phi) is 4.52. The molecule has 0 aliphatic carbocycles. The van der Waals surface area contributed by atoms with E-state index in [0.29, 0.717) is 18.2 Å². The first-order chi connectivity index (χ1) is 7.59. The van der Waals surface area contributed by atoms with E-state index in [9.17, 15) is 5.11 Å². The molecule has 0 aliphatic heterocycles. The van der Waals surface area contributed by atoms with Crippen molar-refractivity contribution in [2.75, 3.05) is 25.1 Å². The predicted octanol–water partition coefficient (Wildman–Crippen LogP) is 0.635. The minimum Gasteiger partial charge on any atom is -0.490 e. The van der Waals surface area contributed by atoms with Gasteiger partial charge in [0, 0.05) is 12.7 Å². The van der Waals surface area contributed by atoms with Crippen LogP contribution in [0.25, 0.3) is 0 Å². The van der Waals surface area contributed by atoms with Gasteiger partial charge in [-0.25, -0.2) is 4.98 Å². The van der Waals surface area contributed by atoms with Crippen molar-refractivity contribution in [1.29, 1.82) is 0 Å². The molecule has 5 nitrogen and oxygen atoms in total. The standard InChI is InChI=1S/C11H18N2O3/c1-3-16-9-5-4-6-12-10(9)13-7-11(2,15)8-14/h4-6,14-15H,3,7-8H2,1-2H3,(H,12,13). The van der Waals surface area contributed by atoms with Gasteiger partial charge in [-0.15, -0.1) is 0 Å². The van der Waals surface area contributed by atoms with Crippen molar-refractivity contribution >= 4 is 5.82 Å².